The number of carboxylic acids is 1. The van der Waals surface area contributed by atoms with Gasteiger partial charge in [-0.3, -0.25) is 4.79 Å². The van der Waals surface area contributed by atoms with Crippen LogP contribution in [0.15, 0.2) is 12.4 Å². The van der Waals surface area contributed by atoms with Crippen LogP contribution >= 0.6 is 11.6 Å². The number of rotatable bonds is 2. The first-order chi connectivity index (χ1) is 8.50. The van der Waals surface area contributed by atoms with Crippen molar-refractivity contribution in [3.8, 4) is 0 Å². The van der Waals surface area contributed by atoms with Crippen LogP contribution in [-0.4, -0.2) is 44.4 Å². The van der Waals surface area contributed by atoms with Gasteiger partial charge in [0, 0.05) is 6.54 Å². The lowest BCUT2D eigenvalue weighted by Gasteiger charge is -2.22. The second kappa shape index (κ2) is 4.89. The largest absolute Gasteiger partial charge is 0.480 e. The van der Waals surface area contributed by atoms with Gasteiger partial charge in [0.05, 0.1) is 12.4 Å². The predicted octanol–water partition coefficient (Wildman–Crippen LogP) is 1.07. The quantitative estimate of drug-likeness (QED) is 0.868. The van der Waals surface area contributed by atoms with Crippen LogP contribution in [0.2, 0.25) is 5.15 Å². The van der Waals surface area contributed by atoms with Crippen LogP contribution in [0.4, 0.5) is 0 Å². The van der Waals surface area contributed by atoms with E-state index in [1.807, 2.05) is 6.92 Å². The van der Waals surface area contributed by atoms with E-state index in [0.29, 0.717) is 13.0 Å². The minimum Gasteiger partial charge on any atom is -0.480 e. The first-order valence-electron chi connectivity index (χ1n) is 5.52. The van der Waals surface area contributed by atoms with Gasteiger partial charge >= 0.3 is 5.97 Å². The highest BCUT2D eigenvalue weighted by Gasteiger charge is 2.40. The lowest BCUT2D eigenvalue weighted by Crippen LogP contribution is -2.43. The van der Waals surface area contributed by atoms with Gasteiger partial charge in [0.2, 0.25) is 0 Å². The SMILES string of the molecule is CC1CCN(C(=O)c2cnc(Cl)cn2)C1C(=O)O. The molecule has 1 fully saturated rings. The topological polar surface area (TPSA) is 83.4 Å². The van der Waals surface area contributed by atoms with Gasteiger partial charge in [-0.25, -0.2) is 14.8 Å². The van der Waals surface area contributed by atoms with Crippen molar-refractivity contribution in [3.05, 3.63) is 23.2 Å². The Morgan fingerprint density at radius 2 is 2.17 bits per heavy atom. The molecule has 2 unspecified atom stereocenters. The first-order valence-corrected chi connectivity index (χ1v) is 5.90. The number of nitrogens with zero attached hydrogens (tertiary/aromatic N) is 3. The summed E-state index contributed by atoms with van der Waals surface area (Å²) >= 11 is 5.59. The highest BCUT2D eigenvalue weighted by atomic mass is 35.5. The lowest BCUT2D eigenvalue weighted by atomic mass is 10.0. The van der Waals surface area contributed by atoms with Crippen molar-refractivity contribution in [2.45, 2.75) is 19.4 Å². The smallest absolute Gasteiger partial charge is 0.326 e. The maximum absolute atomic E-state index is 12.1. The molecule has 1 aromatic heterocycles. The van der Waals surface area contributed by atoms with Gasteiger partial charge in [-0.15, -0.1) is 0 Å². The number of carboxylic acid groups (broad SMARTS) is 1. The molecule has 1 aliphatic rings. The monoisotopic (exact) mass is 269 g/mol. The second-order valence-corrected chi connectivity index (χ2v) is 4.66. The standard InChI is InChI=1S/C11H12ClN3O3/c1-6-2-3-15(9(6)11(17)18)10(16)7-4-14-8(12)5-13-7/h4-6,9H,2-3H2,1H3,(H,17,18). The Kier molecular flexibility index (Phi) is 3.47. The number of hydrogen-bond donors (Lipinski definition) is 1. The molecule has 2 rings (SSSR count). The van der Waals surface area contributed by atoms with Gasteiger partial charge in [-0.2, -0.15) is 0 Å². The van der Waals surface area contributed by atoms with Crippen molar-refractivity contribution < 1.29 is 14.7 Å². The van der Waals surface area contributed by atoms with Crippen molar-refractivity contribution in [2.24, 2.45) is 5.92 Å². The average molecular weight is 270 g/mol. The van der Waals surface area contributed by atoms with Crippen LogP contribution in [-0.2, 0) is 4.79 Å². The fourth-order valence-electron chi connectivity index (χ4n) is 2.12. The molecule has 1 aromatic rings. The van der Waals surface area contributed by atoms with E-state index in [9.17, 15) is 9.59 Å². The number of hydrogen-bond acceptors (Lipinski definition) is 4. The molecule has 0 aliphatic carbocycles. The normalized spacial score (nSPS) is 23.1. The lowest BCUT2D eigenvalue weighted by molar-refractivity contribution is -0.142. The fourth-order valence-corrected chi connectivity index (χ4v) is 2.22. The molecular formula is C11H12ClN3O3. The second-order valence-electron chi connectivity index (χ2n) is 4.27. The third kappa shape index (κ3) is 2.28. The summed E-state index contributed by atoms with van der Waals surface area (Å²) in [5, 5.41) is 9.33. The first kappa shape index (κ1) is 12.8. The number of aromatic nitrogens is 2. The summed E-state index contributed by atoms with van der Waals surface area (Å²) in [6.07, 6.45) is 3.19. The van der Waals surface area contributed by atoms with E-state index in [0.717, 1.165) is 0 Å². The molecule has 1 aliphatic heterocycles. The van der Waals surface area contributed by atoms with Gasteiger partial charge in [0.25, 0.3) is 5.91 Å². The molecule has 0 saturated carbocycles. The van der Waals surface area contributed by atoms with Crippen LogP contribution in [0, 0.1) is 5.92 Å². The number of halogens is 1. The van der Waals surface area contributed by atoms with Crippen molar-refractivity contribution in [1.29, 1.82) is 0 Å². The van der Waals surface area contributed by atoms with E-state index in [1.165, 1.54) is 17.3 Å². The number of aliphatic carboxylic acids is 1. The molecule has 0 bridgehead atoms. The van der Waals surface area contributed by atoms with Crippen LogP contribution in [0.3, 0.4) is 0 Å². The van der Waals surface area contributed by atoms with Gasteiger partial charge < -0.3 is 10.0 Å². The summed E-state index contributed by atoms with van der Waals surface area (Å²) in [7, 11) is 0. The highest BCUT2D eigenvalue weighted by molar-refractivity contribution is 6.29. The Hall–Kier alpha value is -1.69. The van der Waals surface area contributed by atoms with E-state index in [1.54, 1.807) is 0 Å². The molecule has 1 amide bonds. The van der Waals surface area contributed by atoms with Crippen LogP contribution in [0.5, 0.6) is 0 Å². The number of carbonyl (C=O) groups is 2. The minimum absolute atomic E-state index is 0.0632. The molecule has 2 heterocycles. The van der Waals surface area contributed by atoms with E-state index in [2.05, 4.69) is 9.97 Å². The summed E-state index contributed by atoms with van der Waals surface area (Å²) in [5.74, 6) is -1.47. The number of likely N-dealkylation sites (tertiary alicyclic amines) is 1. The van der Waals surface area contributed by atoms with Gasteiger partial charge in [-0.1, -0.05) is 18.5 Å². The van der Waals surface area contributed by atoms with Crippen LogP contribution in [0.1, 0.15) is 23.8 Å². The fraction of sp³-hybridized carbons (Fsp3) is 0.455. The minimum atomic E-state index is -0.990. The molecule has 0 spiro atoms. The Labute approximate surface area is 109 Å². The van der Waals surface area contributed by atoms with E-state index in [4.69, 9.17) is 16.7 Å². The Morgan fingerprint density at radius 1 is 1.44 bits per heavy atom. The van der Waals surface area contributed by atoms with Crippen LogP contribution < -0.4 is 0 Å². The third-order valence-electron chi connectivity index (χ3n) is 3.05. The maximum Gasteiger partial charge on any atom is 0.326 e. The summed E-state index contributed by atoms with van der Waals surface area (Å²) < 4.78 is 0. The Bertz CT molecular complexity index is 477. The van der Waals surface area contributed by atoms with Crippen molar-refractivity contribution in [2.75, 3.05) is 6.54 Å². The number of carbonyl (C=O) groups excluding carboxylic acids is 1. The van der Waals surface area contributed by atoms with Crippen molar-refractivity contribution in [1.82, 2.24) is 14.9 Å². The van der Waals surface area contributed by atoms with E-state index >= 15 is 0 Å². The summed E-state index contributed by atoms with van der Waals surface area (Å²) in [6, 6.07) is -0.796. The van der Waals surface area contributed by atoms with E-state index < -0.39 is 17.9 Å². The molecule has 18 heavy (non-hydrogen) atoms. The molecule has 1 saturated heterocycles. The van der Waals surface area contributed by atoms with Crippen molar-refractivity contribution in [3.63, 3.8) is 0 Å². The highest BCUT2D eigenvalue weighted by Crippen LogP contribution is 2.25. The zero-order valence-electron chi connectivity index (χ0n) is 9.71. The molecule has 2 atom stereocenters. The number of amides is 1. The Balaban J connectivity index is 2.23. The molecule has 0 radical (unpaired) electrons. The van der Waals surface area contributed by atoms with Gasteiger partial charge in [0.1, 0.15) is 16.9 Å². The predicted molar refractivity (Wildman–Crippen MR) is 63.3 cm³/mol. The molecule has 1 N–H and O–H groups in total. The van der Waals surface area contributed by atoms with Gasteiger partial charge in [-0.05, 0) is 12.3 Å². The van der Waals surface area contributed by atoms with Crippen LogP contribution in [0.25, 0.3) is 0 Å². The Morgan fingerprint density at radius 3 is 2.72 bits per heavy atom. The summed E-state index contributed by atoms with van der Waals surface area (Å²) in [6.45, 7) is 2.24. The molecule has 0 aromatic carbocycles. The molecule has 7 heteroatoms. The maximum atomic E-state index is 12.1. The van der Waals surface area contributed by atoms with E-state index in [-0.39, 0.29) is 16.8 Å². The third-order valence-corrected chi connectivity index (χ3v) is 3.25. The zero-order valence-corrected chi connectivity index (χ0v) is 10.5. The molecular weight excluding hydrogens is 258 g/mol. The average Bonchev–Trinajstić information content (AvgIpc) is 2.71. The molecule has 6 nitrogen and oxygen atoms in total. The summed E-state index contributed by atoms with van der Waals surface area (Å²) in [5.41, 5.74) is 0.111. The summed E-state index contributed by atoms with van der Waals surface area (Å²) in [4.78, 5) is 32.3. The molecule has 96 valence electrons. The van der Waals surface area contributed by atoms with Crippen molar-refractivity contribution >= 4 is 23.5 Å². The zero-order chi connectivity index (χ0) is 13.3. The van der Waals surface area contributed by atoms with Gasteiger partial charge in [0.15, 0.2) is 0 Å².